The summed E-state index contributed by atoms with van der Waals surface area (Å²) in [5, 5.41) is 1.31. The zero-order chi connectivity index (χ0) is 21.1. The van der Waals surface area contributed by atoms with E-state index in [1.165, 1.54) is 22.2 Å². The zero-order valence-corrected chi connectivity index (χ0v) is 18.0. The number of para-hydroxylation sites is 1. The Balaban J connectivity index is 1.44. The van der Waals surface area contributed by atoms with Crippen LogP contribution in [0.2, 0.25) is 0 Å². The minimum Gasteiger partial charge on any atom is -0.383 e. The molecule has 4 rings (SSSR count). The minimum absolute atomic E-state index is 0.0195. The number of pyridine rings is 1. The molecular formula is C24H30N4O2. The van der Waals surface area contributed by atoms with Gasteiger partial charge < -0.3 is 19.5 Å². The van der Waals surface area contributed by atoms with Gasteiger partial charge in [-0.05, 0) is 49.4 Å². The number of fused-ring (bicyclic) bond motifs is 1. The number of piperidine rings is 1. The van der Waals surface area contributed by atoms with Crippen molar-refractivity contribution in [2.45, 2.75) is 25.7 Å². The molecule has 1 aliphatic rings. The van der Waals surface area contributed by atoms with Crippen molar-refractivity contribution in [3.8, 4) is 0 Å². The summed E-state index contributed by atoms with van der Waals surface area (Å²) in [5.74, 6) is 0.496. The topological polar surface area (TPSA) is 61.5 Å². The first kappa shape index (κ1) is 20.4. The maximum atomic E-state index is 13.1. The van der Waals surface area contributed by atoms with Gasteiger partial charge in [0.05, 0.1) is 6.61 Å². The molecule has 0 atom stereocenters. The average molecular weight is 407 g/mol. The Morgan fingerprint density at radius 3 is 2.80 bits per heavy atom. The first-order valence-electron chi connectivity index (χ1n) is 10.6. The van der Waals surface area contributed by atoms with E-state index in [2.05, 4.69) is 46.1 Å². The Kier molecular flexibility index (Phi) is 6.04. The minimum atomic E-state index is 0.0195. The molecule has 0 bridgehead atoms. The van der Waals surface area contributed by atoms with Gasteiger partial charge >= 0.3 is 0 Å². The molecule has 3 aromatic rings. The zero-order valence-electron chi connectivity index (χ0n) is 18.0. The number of carbonyl (C=O) groups is 1. The number of hydrogen-bond donors (Lipinski definition) is 1. The molecule has 30 heavy (non-hydrogen) atoms. The number of hydrogen-bond acceptors (Lipinski definition) is 4. The SMILES string of the molecule is COCCN(C)c1ccnc(C(=O)N2CCC(c3c(C)[nH]c4ccccc34)CC2)c1. The molecule has 0 spiro atoms. The molecule has 0 radical (unpaired) electrons. The van der Waals surface area contributed by atoms with Crippen molar-refractivity contribution in [2.24, 2.45) is 0 Å². The second-order valence-corrected chi connectivity index (χ2v) is 8.09. The molecule has 1 aliphatic heterocycles. The van der Waals surface area contributed by atoms with Crippen LogP contribution >= 0.6 is 0 Å². The molecule has 1 saturated heterocycles. The smallest absolute Gasteiger partial charge is 0.272 e. The highest BCUT2D eigenvalue weighted by atomic mass is 16.5. The van der Waals surface area contributed by atoms with Crippen molar-refractivity contribution in [2.75, 3.05) is 45.3 Å². The lowest BCUT2D eigenvalue weighted by atomic mass is 9.87. The second-order valence-electron chi connectivity index (χ2n) is 8.09. The first-order chi connectivity index (χ1) is 14.6. The third-order valence-electron chi connectivity index (χ3n) is 6.17. The number of rotatable bonds is 6. The molecule has 2 aromatic heterocycles. The van der Waals surface area contributed by atoms with Gasteiger partial charge in [0.2, 0.25) is 0 Å². The van der Waals surface area contributed by atoms with Gasteiger partial charge in [-0.15, -0.1) is 0 Å². The number of ether oxygens (including phenoxy) is 1. The van der Waals surface area contributed by atoms with Crippen molar-refractivity contribution in [3.63, 3.8) is 0 Å². The molecular weight excluding hydrogens is 376 g/mol. The third-order valence-corrected chi connectivity index (χ3v) is 6.17. The van der Waals surface area contributed by atoms with E-state index in [1.807, 2.05) is 24.1 Å². The molecule has 1 fully saturated rings. The molecule has 0 unspecified atom stereocenters. The summed E-state index contributed by atoms with van der Waals surface area (Å²) in [6.07, 6.45) is 3.66. The van der Waals surface area contributed by atoms with E-state index in [-0.39, 0.29) is 5.91 Å². The standard InChI is InChI=1S/C24H30N4O2/c1-17-23(20-6-4-5-7-21(20)26-17)18-9-12-28(13-10-18)24(29)22-16-19(8-11-25-22)27(2)14-15-30-3/h4-8,11,16,18,26H,9-10,12-15H2,1-3H3. The Bertz CT molecular complexity index is 1020. The Labute approximate surface area is 177 Å². The van der Waals surface area contributed by atoms with E-state index in [4.69, 9.17) is 4.74 Å². The second kappa shape index (κ2) is 8.88. The quantitative estimate of drug-likeness (QED) is 0.673. The van der Waals surface area contributed by atoms with E-state index in [9.17, 15) is 4.79 Å². The van der Waals surface area contributed by atoms with Crippen LogP contribution in [0.25, 0.3) is 10.9 Å². The number of anilines is 1. The van der Waals surface area contributed by atoms with Crippen molar-refractivity contribution in [1.29, 1.82) is 0 Å². The largest absolute Gasteiger partial charge is 0.383 e. The predicted molar refractivity (Wildman–Crippen MR) is 120 cm³/mol. The van der Waals surface area contributed by atoms with Gasteiger partial charge in [0.1, 0.15) is 5.69 Å². The number of amides is 1. The third kappa shape index (κ3) is 4.05. The number of aromatic nitrogens is 2. The van der Waals surface area contributed by atoms with E-state index < -0.39 is 0 Å². The number of nitrogens with zero attached hydrogens (tertiary/aromatic N) is 3. The number of carbonyl (C=O) groups excluding carboxylic acids is 1. The Hall–Kier alpha value is -2.86. The summed E-state index contributed by atoms with van der Waals surface area (Å²) in [6, 6.07) is 12.3. The fraction of sp³-hybridized carbons (Fsp3) is 0.417. The molecule has 0 saturated carbocycles. The van der Waals surface area contributed by atoms with Crippen molar-refractivity contribution < 1.29 is 9.53 Å². The number of H-pyrrole nitrogens is 1. The van der Waals surface area contributed by atoms with Crippen LogP contribution < -0.4 is 4.90 Å². The fourth-order valence-corrected chi connectivity index (χ4v) is 4.49. The van der Waals surface area contributed by atoms with E-state index in [1.54, 1.807) is 13.3 Å². The van der Waals surface area contributed by atoms with Crippen LogP contribution in [-0.2, 0) is 4.74 Å². The van der Waals surface area contributed by atoms with Crippen LogP contribution in [0.3, 0.4) is 0 Å². The van der Waals surface area contributed by atoms with Gasteiger partial charge in [-0.2, -0.15) is 0 Å². The number of likely N-dealkylation sites (N-methyl/N-ethyl adjacent to an activating group) is 1. The van der Waals surface area contributed by atoms with Gasteiger partial charge in [0.15, 0.2) is 0 Å². The van der Waals surface area contributed by atoms with Gasteiger partial charge in [-0.25, -0.2) is 0 Å². The molecule has 6 heteroatoms. The number of benzene rings is 1. The average Bonchev–Trinajstić information content (AvgIpc) is 3.12. The molecule has 0 aliphatic carbocycles. The van der Waals surface area contributed by atoms with Crippen LogP contribution in [-0.4, -0.2) is 61.2 Å². The van der Waals surface area contributed by atoms with E-state index in [0.29, 0.717) is 18.2 Å². The summed E-state index contributed by atoms with van der Waals surface area (Å²) in [5.41, 5.74) is 5.35. The molecule has 6 nitrogen and oxygen atoms in total. The highest BCUT2D eigenvalue weighted by molar-refractivity contribution is 5.93. The van der Waals surface area contributed by atoms with Crippen LogP contribution in [0.4, 0.5) is 5.69 Å². The molecule has 1 amide bonds. The highest BCUT2D eigenvalue weighted by Gasteiger charge is 2.28. The van der Waals surface area contributed by atoms with Crippen LogP contribution in [0.15, 0.2) is 42.6 Å². The van der Waals surface area contributed by atoms with Gasteiger partial charge in [-0.1, -0.05) is 18.2 Å². The summed E-state index contributed by atoms with van der Waals surface area (Å²) < 4.78 is 5.15. The van der Waals surface area contributed by atoms with Gasteiger partial charge in [0.25, 0.3) is 5.91 Å². The van der Waals surface area contributed by atoms with Crippen molar-refractivity contribution in [1.82, 2.24) is 14.9 Å². The molecule has 1 aromatic carbocycles. The molecule has 3 heterocycles. The maximum Gasteiger partial charge on any atom is 0.272 e. The van der Waals surface area contributed by atoms with Crippen LogP contribution in [0.5, 0.6) is 0 Å². The van der Waals surface area contributed by atoms with Crippen molar-refractivity contribution in [3.05, 3.63) is 59.5 Å². The number of aryl methyl sites for hydroxylation is 1. The number of methoxy groups -OCH3 is 1. The van der Waals surface area contributed by atoms with E-state index >= 15 is 0 Å². The Morgan fingerprint density at radius 1 is 1.27 bits per heavy atom. The van der Waals surface area contributed by atoms with Crippen LogP contribution in [0, 0.1) is 6.92 Å². The summed E-state index contributed by atoms with van der Waals surface area (Å²) in [6.45, 7) is 5.08. The monoisotopic (exact) mass is 406 g/mol. The lowest BCUT2D eigenvalue weighted by Gasteiger charge is -2.32. The van der Waals surface area contributed by atoms with Crippen molar-refractivity contribution >= 4 is 22.5 Å². The number of nitrogens with one attached hydrogen (secondary N) is 1. The molecule has 1 N–H and O–H groups in total. The Morgan fingerprint density at radius 2 is 2.03 bits per heavy atom. The number of likely N-dealkylation sites (tertiary alicyclic amines) is 1. The van der Waals surface area contributed by atoms with Gasteiger partial charge in [-0.3, -0.25) is 9.78 Å². The van der Waals surface area contributed by atoms with Crippen LogP contribution in [0.1, 0.15) is 40.5 Å². The van der Waals surface area contributed by atoms with Gasteiger partial charge in [0, 0.05) is 62.3 Å². The number of aromatic amines is 1. The highest BCUT2D eigenvalue weighted by Crippen LogP contribution is 2.35. The first-order valence-corrected chi connectivity index (χ1v) is 10.6. The lowest BCUT2D eigenvalue weighted by molar-refractivity contribution is 0.0707. The summed E-state index contributed by atoms with van der Waals surface area (Å²) in [4.78, 5) is 25.0. The predicted octanol–water partition coefficient (Wildman–Crippen LogP) is 3.97. The maximum absolute atomic E-state index is 13.1. The fourth-order valence-electron chi connectivity index (χ4n) is 4.49. The normalized spacial score (nSPS) is 15.0. The van der Waals surface area contributed by atoms with E-state index in [0.717, 1.165) is 38.2 Å². The summed E-state index contributed by atoms with van der Waals surface area (Å²) in [7, 11) is 3.69. The summed E-state index contributed by atoms with van der Waals surface area (Å²) >= 11 is 0. The molecule has 158 valence electrons. The lowest BCUT2D eigenvalue weighted by Crippen LogP contribution is -2.38.